The Bertz CT molecular complexity index is 730. The Morgan fingerprint density at radius 2 is 1.68 bits per heavy atom. The van der Waals surface area contributed by atoms with Crippen LogP contribution in [0.4, 0.5) is 0 Å². The van der Waals surface area contributed by atoms with Crippen molar-refractivity contribution in [3.8, 4) is 17.2 Å². The maximum atomic E-state index is 13.5. The van der Waals surface area contributed by atoms with E-state index in [2.05, 4.69) is 6.92 Å². The second kappa shape index (κ2) is 7.87. The Hall–Kier alpha value is -2.48. The molecule has 3 rings (SSSR count). The molecule has 8 heteroatoms. The lowest BCUT2D eigenvalue weighted by Gasteiger charge is -2.42. The fourth-order valence-electron chi connectivity index (χ4n) is 4.11. The van der Waals surface area contributed by atoms with Gasteiger partial charge >= 0.3 is 5.97 Å². The maximum Gasteiger partial charge on any atom is 0.328 e. The van der Waals surface area contributed by atoms with Gasteiger partial charge in [-0.3, -0.25) is 9.69 Å². The third-order valence-corrected chi connectivity index (χ3v) is 5.73. The first kappa shape index (κ1) is 20.3. The zero-order valence-electron chi connectivity index (χ0n) is 16.7. The van der Waals surface area contributed by atoms with Crippen molar-refractivity contribution in [2.75, 3.05) is 27.9 Å². The first-order chi connectivity index (χ1) is 13.4. The molecule has 1 aliphatic carbocycles. The van der Waals surface area contributed by atoms with E-state index in [4.69, 9.17) is 18.9 Å². The molecule has 0 aromatic heterocycles. The predicted octanol–water partition coefficient (Wildman–Crippen LogP) is 2.54. The minimum atomic E-state index is -1.07. The predicted molar refractivity (Wildman–Crippen MR) is 100 cm³/mol. The number of carbonyl (C=O) groups excluding carboxylic acids is 1. The van der Waals surface area contributed by atoms with Gasteiger partial charge in [-0.25, -0.2) is 4.79 Å². The van der Waals surface area contributed by atoms with E-state index in [1.54, 1.807) is 12.1 Å². The Kier molecular flexibility index (Phi) is 5.69. The van der Waals surface area contributed by atoms with Crippen LogP contribution in [0, 0.1) is 5.92 Å². The van der Waals surface area contributed by atoms with Crippen molar-refractivity contribution in [3.05, 3.63) is 17.7 Å². The van der Waals surface area contributed by atoms with E-state index in [-0.39, 0.29) is 12.2 Å². The van der Waals surface area contributed by atoms with Crippen LogP contribution in [0.2, 0.25) is 0 Å². The van der Waals surface area contributed by atoms with Gasteiger partial charge in [-0.05, 0) is 43.7 Å². The van der Waals surface area contributed by atoms with Crippen molar-refractivity contribution in [3.63, 3.8) is 0 Å². The van der Waals surface area contributed by atoms with Crippen LogP contribution in [0.5, 0.6) is 17.2 Å². The number of rotatable bonds is 5. The summed E-state index contributed by atoms with van der Waals surface area (Å²) in [4.78, 5) is 26.7. The van der Waals surface area contributed by atoms with Crippen LogP contribution >= 0.6 is 0 Å². The van der Waals surface area contributed by atoms with E-state index in [1.165, 1.54) is 26.2 Å². The molecule has 1 saturated carbocycles. The van der Waals surface area contributed by atoms with Crippen LogP contribution < -0.4 is 14.2 Å². The lowest BCUT2D eigenvalue weighted by atomic mass is 9.83. The van der Waals surface area contributed by atoms with Crippen molar-refractivity contribution >= 4 is 11.9 Å². The summed E-state index contributed by atoms with van der Waals surface area (Å²) in [6.07, 6.45) is 3.00. The number of ether oxygens (including phenoxy) is 4. The molecule has 154 valence electrons. The summed E-state index contributed by atoms with van der Waals surface area (Å²) in [7, 11) is 4.41. The van der Waals surface area contributed by atoms with Crippen molar-refractivity contribution in [1.29, 1.82) is 0 Å². The van der Waals surface area contributed by atoms with Crippen molar-refractivity contribution < 1.29 is 33.6 Å². The molecule has 1 aromatic carbocycles. The lowest BCUT2D eigenvalue weighted by Crippen LogP contribution is -2.55. The number of amides is 1. The van der Waals surface area contributed by atoms with Crippen LogP contribution in [-0.4, -0.2) is 61.6 Å². The van der Waals surface area contributed by atoms with Gasteiger partial charge < -0.3 is 24.1 Å². The number of aliphatic carboxylic acids is 1. The molecule has 1 aliphatic heterocycles. The molecule has 28 heavy (non-hydrogen) atoms. The van der Waals surface area contributed by atoms with E-state index in [0.29, 0.717) is 36.0 Å². The Morgan fingerprint density at radius 3 is 2.14 bits per heavy atom. The molecule has 2 fully saturated rings. The topological polar surface area (TPSA) is 94.5 Å². The van der Waals surface area contributed by atoms with Gasteiger partial charge in [-0.2, -0.15) is 0 Å². The van der Waals surface area contributed by atoms with Gasteiger partial charge in [-0.1, -0.05) is 6.92 Å². The molecular formula is C20H27NO7. The summed E-state index contributed by atoms with van der Waals surface area (Å²) in [5.41, 5.74) is -0.614. The average Bonchev–Trinajstić information content (AvgIpc) is 3.07. The number of hydrogen-bond acceptors (Lipinski definition) is 6. The maximum absolute atomic E-state index is 13.5. The molecule has 1 N–H and O–H groups in total. The molecule has 1 heterocycles. The summed E-state index contributed by atoms with van der Waals surface area (Å²) in [6, 6.07) is 2.06. The number of carboxylic acids is 1. The van der Waals surface area contributed by atoms with Gasteiger partial charge in [-0.15, -0.1) is 0 Å². The van der Waals surface area contributed by atoms with Gasteiger partial charge in [0.25, 0.3) is 5.91 Å². The minimum absolute atomic E-state index is 0.0140. The molecule has 2 aliphatic rings. The van der Waals surface area contributed by atoms with E-state index < -0.39 is 23.6 Å². The third-order valence-electron chi connectivity index (χ3n) is 5.73. The monoisotopic (exact) mass is 393 g/mol. The van der Waals surface area contributed by atoms with Crippen molar-refractivity contribution in [2.45, 2.75) is 44.4 Å². The number of hydrogen-bond donors (Lipinski definition) is 1. The van der Waals surface area contributed by atoms with Gasteiger partial charge in [0, 0.05) is 5.56 Å². The highest BCUT2D eigenvalue weighted by molar-refractivity contribution is 5.98. The molecule has 1 spiro atoms. The summed E-state index contributed by atoms with van der Waals surface area (Å²) < 4.78 is 21.9. The SMILES string of the molecule is COc1cc(C(=O)N2[C@H](C(=O)O)COC23CCC(C)CC3)cc(OC)c1OC. The highest BCUT2D eigenvalue weighted by atomic mass is 16.5. The van der Waals surface area contributed by atoms with E-state index in [1.807, 2.05) is 0 Å². The van der Waals surface area contributed by atoms with Gasteiger partial charge in [0.15, 0.2) is 17.5 Å². The van der Waals surface area contributed by atoms with Gasteiger partial charge in [0.2, 0.25) is 5.75 Å². The fraction of sp³-hybridized carbons (Fsp3) is 0.600. The molecule has 1 atom stereocenters. The number of nitrogens with zero attached hydrogens (tertiary/aromatic N) is 1. The molecule has 1 amide bonds. The van der Waals surface area contributed by atoms with E-state index in [9.17, 15) is 14.7 Å². The molecule has 0 bridgehead atoms. The first-order valence-corrected chi connectivity index (χ1v) is 9.37. The Labute approximate surface area is 164 Å². The average molecular weight is 393 g/mol. The quantitative estimate of drug-likeness (QED) is 0.821. The Balaban J connectivity index is 2.03. The Morgan fingerprint density at radius 1 is 1.11 bits per heavy atom. The third kappa shape index (κ3) is 3.37. The first-order valence-electron chi connectivity index (χ1n) is 9.37. The van der Waals surface area contributed by atoms with Crippen LogP contribution in [-0.2, 0) is 9.53 Å². The van der Waals surface area contributed by atoms with Crippen LogP contribution in [0.3, 0.4) is 0 Å². The second-order valence-corrected chi connectivity index (χ2v) is 7.38. The number of benzene rings is 1. The van der Waals surface area contributed by atoms with Crippen LogP contribution in [0.25, 0.3) is 0 Å². The molecule has 8 nitrogen and oxygen atoms in total. The van der Waals surface area contributed by atoms with Gasteiger partial charge in [0.1, 0.15) is 5.72 Å². The standard InChI is InChI=1S/C20H27NO7/c1-12-5-7-20(8-6-12)21(14(11-28-20)19(23)24)18(22)13-9-15(25-2)17(27-4)16(10-13)26-3/h9-10,12,14H,5-8,11H2,1-4H3,(H,23,24)/t12?,14-,20?/m0/s1. The number of carboxylic acid groups (broad SMARTS) is 1. The minimum Gasteiger partial charge on any atom is -0.493 e. The molecular weight excluding hydrogens is 366 g/mol. The van der Waals surface area contributed by atoms with Crippen LogP contribution in [0.1, 0.15) is 43.0 Å². The highest BCUT2D eigenvalue weighted by Gasteiger charge is 2.53. The molecule has 0 unspecified atom stereocenters. The van der Waals surface area contributed by atoms with E-state index >= 15 is 0 Å². The second-order valence-electron chi connectivity index (χ2n) is 7.38. The summed E-state index contributed by atoms with van der Waals surface area (Å²) in [5, 5.41) is 9.69. The lowest BCUT2D eigenvalue weighted by molar-refractivity contribution is -0.143. The molecule has 1 saturated heterocycles. The largest absolute Gasteiger partial charge is 0.493 e. The number of carbonyl (C=O) groups is 2. The van der Waals surface area contributed by atoms with Crippen LogP contribution in [0.15, 0.2) is 12.1 Å². The smallest absolute Gasteiger partial charge is 0.328 e. The van der Waals surface area contributed by atoms with Gasteiger partial charge in [0.05, 0.1) is 27.9 Å². The fourth-order valence-corrected chi connectivity index (χ4v) is 4.11. The molecule has 0 radical (unpaired) electrons. The zero-order valence-corrected chi connectivity index (χ0v) is 16.7. The zero-order chi connectivity index (χ0) is 20.5. The summed E-state index contributed by atoms with van der Waals surface area (Å²) in [5.74, 6) is 0.0773. The van der Waals surface area contributed by atoms with Crippen molar-refractivity contribution in [2.24, 2.45) is 5.92 Å². The molecule has 1 aromatic rings. The summed E-state index contributed by atoms with van der Waals surface area (Å²) >= 11 is 0. The highest BCUT2D eigenvalue weighted by Crippen LogP contribution is 2.44. The van der Waals surface area contributed by atoms with E-state index in [0.717, 1.165) is 12.8 Å². The normalized spacial score (nSPS) is 26.9. The van der Waals surface area contributed by atoms with Crippen molar-refractivity contribution in [1.82, 2.24) is 4.90 Å². The number of methoxy groups -OCH3 is 3. The summed E-state index contributed by atoms with van der Waals surface area (Å²) in [6.45, 7) is 2.14.